The number of likely N-dealkylation sites (N-methyl/N-ethyl adjacent to an activating group) is 1. The van der Waals surface area contributed by atoms with Crippen molar-refractivity contribution in [3.63, 3.8) is 0 Å². The molecule has 13 heteroatoms. The standard InChI is InChI=1S/C30H35ClF3N7O2/c1-3-26(42)41-16-15-40(17-20(41)11-12-35)28-22-8-6-14-39(25-10-4-9-23(31)27(25)30(32,33)34)18-24(22)36-29(37-28)43-19-21-7-5-13-38(21)2/h3-4,9-10,20-21H,1,5-8,11,13-19H2,2H3/t20?,21-/m0/s1. The van der Waals surface area contributed by atoms with Gasteiger partial charge in [0, 0.05) is 37.8 Å². The van der Waals surface area contributed by atoms with Crippen molar-refractivity contribution in [3.05, 3.63) is 52.7 Å². The van der Waals surface area contributed by atoms with Crippen LogP contribution in [0.15, 0.2) is 30.9 Å². The number of carbonyl (C=O) groups excluding carboxylic acids is 1. The zero-order valence-electron chi connectivity index (χ0n) is 24.1. The van der Waals surface area contributed by atoms with E-state index in [-0.39, 0.29) is 47.7 Å². The highest BCUT2D eigenvalue weighted by atomic mass is 35.5. The maximum absolute atomic E-state index is 14.1. The third-order valence-corrected chi connectivity index (χ3v) is 8.82. The first kappa shape index (κ1) is 30.9. The van der Waals surface area contributed by atoms with Crippen LogP contribution < -0.4 is 14.5 Å². The second-order valence-corrected chi connectivity index (χ2v) is 11.6. The van der Waals surface area contributed by atoms with E-state index in [9.17, 15) is 23.2 Å². The number of piperazine rings is 1. The molecule has 0 N–H and O–H groups in total. The Morgan fingerprint density at radius 3 is 2.70 bits per heavy atom. The zero-order valence-corrected chi connectivity index (χ0v) is 24.9. The smallest absolute Gasteiger partial charge is 0.419 e. The van der Waals surface area contributed by atoms with Crippen LogP contribution in [-0.2, 0) is 23.9 Å². The number of anilines is 2. The van der Waals surface area contributed by atoms with Crippen LogP contribution in [0.5, 0.6) is 6.01 Å². The van der Waals surface area contributed by atoms with Crippen LogP contribution in [0.2, 0.25) is 5.02 Å². The average Bonchev–Trinajstić information content (AvgIpc) is 3.26. The molecule has 0 bridgehead atoms. The van der Waals surface area contributed by atoms with Gasteiger partial charge in [-0.3, -0.25) is 4.79 Å². The quantitative estimate of drug-likeness (QED) is 0.414. The van der Waals surface area contributed by atoms with Crippen LogP contribution in [-0.4, -0.2) is 84.1 Å². The summed E-state index contributed by atoms with van der Waals surface area (Å²) in [6.07, 6.45) is -0.0528. The lowest BCUT2D eigenvalue weighted by atomic mass is 10.1. The number of likely N-dealkylation sites (tertiary alicyclic amines) is 1. The van der Waals surface area contributed by atoms with Crippen molar-refractivity contribution in [2.75, 3.05) is 56.2 Å². The number of amides is 1. The average molecular weight is 618 g/mol. The molecule has 0 saturated carbocycles. The molecule has 2 saturated heterocycles. The molecule has 2 fully saturated rings. The van der Waals surface area contributed by atoms with Gasteiger partial charge in [-0.15, -0.1) is 0 Å². The van der Waals surface area contributed by atoms with Gasteiger partial charge < -0.3 is 24.3 Å². The van der Waals surface area contributed by atoms with E-state index in [0.29, 0.717) is 57.1 Å². The molecule has 1 amide bonds. The van der Waals surface area contributed by atoms with E-state index < -0.39 is 11.7 Å². The van der Waals surface area contributed by atoms with Crippen LogP contribution in [0.3, 0.4) is 0 Å². The van der Waals surface area contributed by atoms with Gasteiger partial charge >= 0.3 is 12.2 Å². The summed E-state index contributed by atoms with van der Waals surface area (Å²) in [5.41, 5.74) is 0.570. The Hall–Kier alpha value is -3.56. The lowest BCUT2D eigenvalue weighted by Gasteiger charge is -2.41. The molecule has 3 aliphatic rings. The Morgan fingerprint density at radius 1 is 1.19 bits per heavy atom. The monoisotopic (exact) mass is 617 g/mol. The molecule has 1 aromatic heterocycles. The molecule has 2 aromatic rings. The van der Waals surface area contributed by atoms with Gasteiger partial charge in [-0.25, -0.2) is 0 Å². The number of benzene rings is 1. The summed E-state index contributed by atoms with van der Waals surface area (Å²) < 4.78 is 48.5. The minimum Gasteiger partial charge on any atom is -0.462 e. The Labute approximate surface area is 254 Å². The first-order valence-corrected chi connectivity index (χ1v) is 14.9. The molecule has 3 aliphatic heterocycles. The van der Waals surface area contributed by atoms with Gasteiger partial charge in [0.05, 0.1) is 47.0 Å². The minimum absolute atomic E-state index is 0.00805. The van der Waals surface area contributed by atoms with E-state index in [4.69, 9.17) is 26.3 Å². The number of carbonyl (C=O) groups is 1. The maximum atomic E-state index is 14.1. The highest BCUT2D eigenvalue weighted by molar-refractivity contribution is 6.31. The van der Waals surface area contributed by atoms with Crippen molar-refractivity contribution in [3.8, 4) is 12.1 Å². The first-order chi connectivity index (χ1) is 20.6. The predicted octanol–water partition coefficient (Wildman–Crippen LogP) is 4.69. The molecule has 230 valence electrons. The molecule has 0 aliphatic carbocycles. The van der Waals surface area contributed by atoms with Crippen LogP contribution in [0.25, 0.3) is 0 Å². The summed E-state index contributed by atoms with van der Waals surface area (Å²) in [6, 6.07) is 6.41. The summed E-state index contributed by atoms with van der Waals surface area (Å²) in [7, 11) is 2.05. The van der Waals surface area contributed by atoms with Crippen LogP contribution in [0.4, 0.5) is 24.7 Å². The summed E-state index contributed by atoms with van der Waals surface area (Å²) in [6.45, 7) is 6.66. The highest BCUT2D eigenvalue weighted by Gasteiger charge is 2.38. The van der Waals surface area contributed by atoms with Gasteiger partial charge in [0.1, 0.15) is 12.4 Å². The summed E-state index contributed by atoms with van der Waals surface area (Å²) >= 11 is 6.07. The number of fused-ring (bicyclic) bond motifs is 1. The largest absolute Gasteiger partial charge is 0.462 e. The Morgan fingerprint density at radius 2 is 2.00 bits per heavy atom. The van der Waals surface area contributed by atoms with Crippen molar-refractivity contribution < 1.29 is 22.7 Å². The third-order valence-electron chi connectivity index (χ3n) is 8.50. The Balaban J connectivity index is 1.52. The Bertz CT molecular complexity index is 1400. The van der Waals surface area contributed by atoms with Gasteiger partial charge in [-0.2, -0.15) is 28.4 Å². The summed E-state index contributed by atoms with van der Waals surface area (Å²) in [5.74, 6) is 0.404. The normalized spacial score (nSPS) is 21.3. The molecule has 1 aromatic carbocycles. The molecule has 0 radical (unpaired) electrons. The Kier molecular flexibility index (Phi) is 9.32. The number of hydrogen-bond donors (Lipinski definition) is 0. The lowest BCUT2D eigenvalue weighted by molar-refractivity contribution is -0.137. The topological polar surface area (TPSA) is 88.8 Å². The van der Waals surface area contributed by atoms with E-state index in [0.717, 1.165) is 24.9 Å². The molecule has 9 nitrogen and oxygen atoms in total. The molecule has 1 unspecified atom stereocenters. The fourth-order valence-electron chi connectivity index (χ4n) is 6.27. The number of alkyl halides is 3. The van der Waals surface area contributed by atoms with Crippen molar-refractivity contribution >= 4 is 29.0 Å². The first-order valence-electron chi connectivity index (χ1n) is 14.5. The van der Waals surface area contributed by atoms with Gasteiger partial charge in [0.25, 0.3) is 0 Å². The van der Waals surface area contributed by atoms with E-state index >= 15 is 0 Å². The second-order valence-electron chi connectivity index (χ2n) is 11.2. The predicted molar refractivity (Wildman–Crippen MR) is 157 cm³/mol. The molecular weight excluding hydrogens is 583 g/mol. The number of aromatic nitrogens is 2. The fourth-order valence-corrected chi connectivity index (χ4v) is 6.55. The molecule has 2 atom stereocenters. The molecule has 43 heavy (non-hydrogen) atoms. The SMILES string of the molecule is C=CC(=O)N1CCN(c2nc(OC[C@@H]3CCCN3C)nc3c2CCCN(c2cccc(Cl)c2C(F)(F)F)C3)CC1CC#N. The zero-order chi connectivity index (χ0) is 30.7. The molecule has 4 heterocycles. The van der Waals surface area contributed by atoms with Gasteiger partial charge in [0.15, 0.2) is 0 Å². The second kappa shape index (κ2) is 13.0. The summed E-state index contributed by atoms with van der Waals surface area (Å²) in [5, 5.41) is 9.13. The van der Waals surface area contributed by atoms with E-state index in [1.807, 2.05) is 11.9 Å². The van der Waals surface area contributed by atoms with E-state index in [1.54, 1.807) is 9.80 Å². The number of nitriles is 1. The van der Waals surface area contributed by atoms with Crippen molar-refractivity contribution in [2.45, 2.75) is 56.9 Å². The van der Waals surface area contributed by atoms with Gasteiger partial charge in [-0.1, -0.05) is 24.2 Å². The van der Waals surface area contributed by atoms with E-state index in [1.165, 1.54) is 24.3 Å². The molecular formula is C30H35ClF3N7O2. The number of hydrogen-bond acceptors (Lipinski definition) is 8. The number of ether oxygens (including phenoxy) is 1. The fraction of sp³-hybridized carbons (Fsp3) is 0.533. The van der Waals surface area contributed by atoms with Crippen molar-refractivity contribution in [1.29, 1.82) is 5.26 Å². The maximum Gasteiger partial charge on any atom is 0.419 e. The number of rotatable bonds is 7. The van der Waals surface area contributed by atoms with E-state index in [2.05, 4.69) is 17.5 Å². The van der Waals surface area contributed by atoms with Crippen LogP contribution in [0, 0.1) is 11.3 Å². The third kappa shape index (κ3) is 6.68. The number of halogens is 4. The van der Waals surface area contributed by atoms with Gasteiger partial charge in [0.2, 0.25) is 5.91 Å². The van der Waals surface area contributed by atoms with Gasteiger partial charge in [-0.05, 0) is 57.5 Å². The van der Waals surface area contributed by atoms with Crippen molar-refractivity contribution in [2.24, 2.45) is 0 Å². The minimum atomic E-state index is -4.63. The van der Waals surface area contributed by atoms with Crippen LogP contribution >= 0.6 is 11.6 Å². The van der Waals surface area contributed by atoms with Crippen molar-refractivity contribution in [1.82, 2.24) is 19.8 Å². The summed E-state index contributed by atoms with van der Waals surface area (Å²) in [4.78, 5) is 29.7. The highest BCUT2D eigenvalue weighted by Crippen LogP contribution is 2.42. The number of nitrogens with zero attached hydrogens (tertiary/aromatic N) is 7. The van der Waals surface area contributed by atoms with Crippen LogP contribution in [0.1, 0.15) is 42.5 Å². The molecule has 0 spiro atoms. The lowest BCUT2D eigenvalue weighted by Crippen LogP contribution is -2.55. The molecule has 5 rings (SSSR count).